The zero-order valence-electron chi connectivity index (χ0n) is 17.9. The number of fused-ring (bicyclic) bond motifs is 5. The number of alkyl carbamates (subject to hydrolysis) is 1. The minimum absolute atomic E-state index is 0.0796. The van der Waals surface area contributed by atoms with Crippen molar-refractivity contribution in [3.05, 3.63) is 83.1 Å². The molecule has 1 fully saturated rings. The van der Waals surface area contributed by atoms with Crippen LogP contribution in [0.15, 0.2) is 54.6 Å². The molecule has 5 nitrogen and oxygen atoms in total. The zero-order valence-corrected chi connectivity index (χ0v) is 17.9. The van der Waals surface area contributed by atoms with Gasteiger partial charge in [0.15, 0.2) is 0 Å². The molecule has 5 rings (SSSR count). The molecule has 164 valence electrons. The topological polar surface area (TPSA) is 64.1 Å². The van der Waals surface area contributed by atoms with Crippen molar-refractivity contribution in [3.63, 3.8) is 0 Å². The summed E-state index contributed by atoms with van der Waals surface area (Å²) in [6, 6.07) is 14.9. The normalized spacial score (nSPS) is 22.4. The Morgan fingerprint density at radius 1 is 1.09 bits per heavy atom. The van der Waals surface area contributed by atoms with Crippen LogP contribution in [-0.2, 0) is 16.9 Å². The van der Waals surface area contributed by atoms with Crippen LogP contribution in [0.4, 0.5) is 13.6 Å². The van der Waals surface area contributed by atoms with Crippen molar-refractivity contribution in [2.75, 3.05) is 0 Å². The Morgan fingerprint density at radius 3 is 2.53 bits per heavy atom. The molecule has 1 saturated carbocycles. The van der Waals surface area contributed by atoms with Gasteiger partial charge in [-0.25, -0.2) is 13.6 Å². The number of carbonyl (C=O) groups is 1. The Kier molecular flexibility index (Phi) is 4.73. The van der Waals surface area contributed by atoms with Gasteiger partial charge in [-0.2, -0.15) is 5.10 Å². The van der Waals surface area contributed by atoms with Crippen molar-refractivity contribution >= 4 is 6.09 Å². The second kappa shape index (κ2) is 7.36. The lowest BCUT2D eigenvalue weighted by atomic mass is 9.75. The monoisotopic (exact) mass is 435 g/mol. The summed E-state index contributed by atoms with van der Waals surface area (Å²) in [5.41, 5.74) is 1.28. The summed E-state index contributed by atoms with van der Waals surface area (Å²) >= 11 is 0. The molecule has 3 aromatic rings. The number of benzene rings is 2. The molecule has 32 heavy (non-hydrogen) atoms. The largest absolute Gasteiger partial charge is 0.445 e. The molecule has 2 bridgehead atoms. The highest BCUT2D eigenvalue weighted by atomic mass is 19.1. The Bertz CT molecular complexity index is 1180. The van der Waals surface area contributed by atoms with E-state index in [4.69, 9.17) is 4.74 Å². The van der Waals surface area contributed by atoms with Gasteiger partial charge in [-0.3, -0.25) is 0 Å². The van der Waals surface area contributed by atoms with Gasteiger partial charge in [-0.05, 0) is 48.1 Å². The molecule has 2 aliphatic rings. The molecule has 1 heterocycles. The number of nitrogens with zero attached hydrogens (tertiary/aromatic N) is 2. The molecule has 2 aliphatic carbocycles. The minimum Gasteiger partial charge on any atom is -0.445 e. The van der Waals surface area contributed by atoms with E-state index in [1.807, 2.05) is 30.3 Å². The van der Waals surface area contributed by atoms with Gasteiger partial charge in [0.2, 0.25) is 0 Å². The first-order valence-corrected chi connectivity index (χ1v) is 10.6. The lowest BCUT2D eigenvalue weighted by Crippen LogP contribution is -2.51. The summed E-state index contributed by atoms with van der Waals surface area (Å²) in [6.07, 6.45) is 0.991. The average molecular weight is 435 g/mol. The van der Waals surface area contributed by atoms with Crippen molar-refractivity contribution < 1.29 is 18.3 Å². The summed E-state index contributed by atoms with van der Waals surface area (Å²) in [5, 5.41) is 11.6. The minimum atomic E-state index is -0.750. The molecular weight excluding hydrogens is 412 g/mol. The lowest BCUT2D eigenvalue weighted by Gasteiger charge is -2.38. The molecule has 1 N–H and O–H groups in total. The number of amides is 1. The Balaban J connectivity index is 1.46. The van der Waals surface area contributed by atoms with Crippen LogP contribution in [-0.4, -0.2) is 16.3 Å². The van der Waals surface area contributed by atoms with Crippen molar-refractivity contribution in [2.45, 2.75) is 44.8 Å². The highest BCUT2D eigenvalue weighted by Gasteiger charge is 2.64. The third-order valence-electron chi connectivity index (χ3n) is 7.13. The van der Waals surface area contributed by atoms with Crippen molar-refractivity contribution in [1.29, 1.82) is 0 Å². The Labute approximate surface area is 184 Å². The fourth-order valence-corrected chi connectivity index (χ4v) is 5.39. The first kappa shape index (κ1) is 20.5. The maximum Gasteiger partial charge on any atom is 0.408 e. The number of ether oxygens (including phenoxy) is 1. The van der Waals surface area contributed by atoms with Gasteiger partial charge in [-0.15, -0.1) is 5.10 Å². The maximum absolute atomic E-state index is 14.3. The van der Waals surface area contributed by atoms with Crippen LogP contribution < -0.4 is 5.32 Å². The first-order chi connectivity index (χ1) is 15.3. The van der Waals surface area contributed by atoms with E-state index in [9.17, 15) is 13.6 Å². The fourth-order valence-electron chi connectivity index (χ4n) is 5.39. The molecule has 0 spiro atoms. The van der Waals surface area contributed by atoms with Gasteiger partial charge in [0.05, 0.1) is 22.5 Å². The number of rotatable bonds is 4. The smallest absolute Gasteiger partial charge is 0.408 e. The summed E-state index contributed by atoms with van der Waals surface area (Å²) < 4.78 is 34.1. The summed E-state index contributed by atoms with van der Waals surface area (Å²) in [7, 11) is 0. The number of nitrogens with one attached hydrogen (secondary N) is 1. The standard InChI is InChI=1S/C25H23F2N3O2/c1-24(2)17-11-12-25(24,28-23(31)32-14-15-7-4-3-5-8-15)22-16(17)13-20(29-30-22)21-18(26)9-6-10-19(21)27/h3-10,13,17H,11-12,14H2,1-2H3,(H,28,31)/t17-,25-/m0/s1. The van der Waals surface area contributed by atoms with Crippen LogP contribution in [0.3, 0.4) is 0 Å². The molecule has 0 aliphatic heterocycles. The quantitative estimate of drug-likeness (QED) is 0.591. The molecule has 1 aromatic heterocycles. The second-order valence-electron chi connectivity index (χ2n) is 9.04. The van der Waals surface area contributed by atoms with E-state index in [0.29, 0.717) is 12.1 Å². The Morgan fingerprint density at radius 2 is 1.81 bits per heavy atom. The van der Waals surface area contributed by atoms with Gasteiger partial charge in [-0.1, -0.05) is 50.2 Å². The van der Waals surface area contributed by atoms with E-state index in [1.165, 1.54) is 18.2 Å². The number of hydrogen-bond acceptors (Lipinski definition) is 4. The molecule has 0 unspecified atom stereocenters. The molecule has 7 heteroatoms. The molecular formula is C25H23F2N3O2. The van der Waals surface area contributed by atoms with Crippen molar-refractivity contribution in [3.8, 4) is 11.3 Å². The molecule has 2 aromatic carbocycles. The van der Waals surface area contributed by atoms with Gasteiger partial charge in [0.25, 0.3) is 0 Å². The van der Waals surface area contributed by atoms with Crippen LogP contribution in [0, 0.1) is 17.0 Å². The lowest BCUT2D eigenvalue weighted by molar-refractivity contribution is 0.100. The van der Waals surface area contributed by atoms with Crippen LogP contribution in [0.2, 0.25) is 0 Å². The highest BCUT2D eigenvalue weighted by Crippen LogP contribution is 2.66. The van der Waals surface area contributed by atoms with Gasteiger partial charge < -0.3 is 10.1 Å². The third kappa shape index (κ3) is 2.98. The number of halogens is 2. The maximum atomic E-state index is 14.3. The van der Waals surface area contributed by atoms with Gasteiger partial charge >= 0.3 is 6.09 Å². The van der Waals surface area contributed by atoms with E-state index >= 15 is 0 Å². The summed E-state index contributed by atoms with van der Waals surface area (Å²) in [5.74, 6) is -1.28. The van der Waals surface area contributed by atoms with Crippen LogP contribution in [0.5, 0.6) is 0 Å². The van der Waals surface area contributed by atoms with E-state index in [0.717, 1.165) is 17.5 Å². The number of carbonyl (C=O) groups excluding carboxylic acids is 1. The van der Waals surface area contributed by atoms with Crippen LogP contribution >= 0.6 is 0 Å². The van der Waals surface area contributed by atoms with E-state index < -0.39 is 23.3 Å². The molecule has 0 radical (unpaired) electrons. The summed E-state index contributed by atoms with van der Waals surface area (Å²) in [6.45, 7) is 4.32. The van der Waals surface area contributed by atoms with Gasteiger partial charge in [0, 0.05) is 5.41 Å². The number of hydrogen-bond donors (Lipinski definition) is 1. The van der Waals surface area contributed by atoms with Gasteiger partial charge in [0.1, 0.15) is 18.2 Å². The molecule has 1 amide bonds. The van der Waals surface area contributed by atoms with E-state index in [-0.39, 0.29) is 29.2 Å². The van der Waals surface area contributed by atoms with Crippen molar-refractivity contribution in [2.24, 2.45) is 5.41 Å². The fraction of sp³-hybridized carbons (Fsp3) is 0.320. The highest BCUT2D eigenvalue weighted by molar-refractivity contribution is 5.71. The third-order valence-corrected chi connectivity index (χ3v) is 7.13. The van der Waals surface area contributed by atoms with Crippen LogP contribution in [0.1, 0.15) is 49.4 Å². The van der Waals surface area contributed by atoms with Crippen LogP contribution in [0.25, 0.3) is 11.3 Å². The predicted molar refractivity (Wildman–Crippen MR) is 115 cm³/mol. The average Bonchev–Trinajstić information content (AvgIpc) is 3.12. The molecule has 0 saturated heterocycles. The summed E-state index contributed by atoms with van der Waals surface area (Å²) in [4.78, 5) is 12.7. The first-order valence-electron chi connectivity index (χ1n) is 10.6. The van der Waals surface area contributed by atoms with Crippen molar-refractivity contribution in [1.82, 2.24) is 15.5 Å². The second-order valence-corrected chi connectivity index (χ2v) is 9.04. The predicted octanol–water partition coefficient (Wildman–Crippen LogP) is 5.46. The zero-order chi connectivity index (χ0) is 22.5. The van der Waals surface area contributed by atoms with E-state index in [2.05, 4.69) is 29.4 Å². The Hall–Kier alpha value is -3.35. The molecule has 2 atom stereocenters. The number of aromatic nitrogens is 2. The SMILES string of the molecule is CC1(C)[C@H]2CC[C@]1(NC(=O)OCc1ccccc1)c1nnc(-c3c(F)cccc3F)cc12. The van der Waals surface area contributed by atoms with E-state index in [1.54, 1.807) is 6.07 Å².